The van der Waals surface area contributed by atoms with Crippen LogP contribution in [0.4, 0.5) is 9.59 Å². The zero-order valence-corrected chi connectivity index (χ0v) is 18.3. The molecule has 2 N–H and O–H groups in total. The van der Waals surface area contributed by atoms with Gasteiger partial charge in [-0.25, -0.2) is 9.59 Å². The average molecular weight is 424 g/mol. The molecule has 2 saturated heterocycles. The molecule has 1 saturated carbocycles. The molecule has 0 aromatic rings. The summed E-state index contributed by atoms with van der Waals surface area (Å²) in [6.45, 7) is 10.6. The lowest BCUT2D eigenvalue weighted by atomic mass is 9.96. The van der Waals surface area contributed by atoms with E-state index in [0.29, 0.717) is 39.3 Å². The van der Waals surface area contributed by atoms with Crippen LogP contribution in [0.15, 0.2) is 0 Å². The van der Waals surface area contributed by atoms with Crippen LogP contribution in [-0.4, -0.2) is 95.6 Å². The van der Waals surface area contributed by atoms with Crippen molar-refractivity contribution in [3.63, 3.8) is 0 Å². The van der Waals surface area contributed by atoms with Crippen LogP contribution in [0, 0.1) is 5.92 Å². The van der Waals surface area contributed by atoms with Crippen molar-refractivity contribution in [1.82, 2.24) is 25.3 Å². The van der Waals surface area contributed by atoms with Crippen molar-refractivity contribution in [2.45, 2.75) is 51.7 Å². The number of nitrogens with zero attached hydrogens (tertiary/aromatic N) is 3. The third-order valence-corrected chi connectivity index (χ3v) is 5.77. The fourth-order valence-corrected chi connectivity index (χ4v) is 3.83. The highest BCUT2D eigenvalue weighted by Crippen LogP contribution is 2.42. The van der Waals surface area contributed by atoms with Crippen LogP contribution in [0.25, 0.3) is 0 Å². The van der Waals surface area contributed by atoms with Crippen molar-refractivity contribution >= 4 is 23.9 Å². The molecule has 3 rings (SSSR count). The second-order valence-electron chi connectivity index (χ2n) is 9.46. The highest BCUT2D eigenvalue weighted by atomic mass is 16.6. The van der Waals surface area contributed by atoms with Crippen LogP contribution >= 0.6 is 0 Å². The summed E-state index contributed by atoms with van der Waals surface area (Å²) in [5.41, 5.74) is -1.38. The van der Waals surface area contributed by atoms with Crippen molar-refractivity contribution in [2.75, 3.05) is 45.8 Å². The normalized spacial score (nSPS) is 25.3. The zero-order valence-electron chi connectivity index (χ0n) is 18.3. The van der Waals surface area contributed by atoms with Crippen molar-refractivity contribution in [3.05, 3.63) is 0 Å². The van der Waals surface area contributed by atoms with Gasteiger partial charge in [-0.3, -0.25) is 19.4 Å². The molecule has 0 aromatic carbocycles. The minimum absolute atomic E-state index is 0.168. The van der Waals surface area contributed by atoms with E-state index in [1.807, 2.05) is 20.8 Å². The second-order valence-corrected chi connectivity index (χ2v) is 9.46. The molecule has 5 amide bonds. The van der Waals surface area contributed by atoms with Crippen LogP contribution in [0.2, 0.25) is 0 Å². The summed E-state index contributed by atoms with van der Waals surface area (Å²) in [7, 11) is 0. The van der Waals surface area contributed by atoms with E-state index in [4.69, 9.17) is 4.74 Å². The number of hydrogen-bond donors (Lipinski definition) is 2. The van der Waals surface area contributed by atoms with E-state index < -0.39 is 17.2 Å². The van der Waals surface area contributed by atoms with E-state index in [9.17, 15) is 19.2 Å². The molecule has 3 fully saturated rings. The number of carbonyl (C=O) groups is 4. The fraction of sp³-hybridized carbons (Fsp3) is 0.800. The van der Waals surface area contributed by atoms with Crippen LogP contribution in [0.3, 0.4) is 0 Å². The second kappa shape index (κ2) is 8.41. The molecule has 10 heteroatoms. The molecule has 0 radical (unpaired) electrons. The van der Waals surface area contributed by atoms with E-state index in [2.05, 4.69) is 15.5 Å². The summed E-state index contributed by atoms with van der Waals surface area (Å²) in [5.74, 6) is -0.504. The topological polar surface area (TPSA) is 111 Å². The van der Waals surface area contributed by atoms with Gasteiger partial charge in [-0.2, -0.15) is 0 Å². The highest BCUT2D eigenvalue weighted by Gasteiger charge is 2.56. The van der Waals surface area contributed by atoms with E-state index in [0.717, 1.165) is 17.7 Å². The Balaban J connectivity index is 1.35. The summed E-state index contributed by atoms with van der Waals surface area (Å²) in [4.78, 5) is 53.9. The number of imide groups is 1. The Kier molecular flexibility index (Phi) is 6.26. The number of carbonyl (C=O) groups excluding carboxylic acids is 4. The molecular formula is C20H33N5O5. The van der Waals surface area contributed by atoms with Gasteiger partial charge in [0, 0.05) is 39.3 Å². The van der Waals surface area contributed by atoms with E-state index in [-0.39, 0.29) is 30.4 Å². The maximum absolute atomic E-state index is 12.6. The Bertz CT molecular complexity index is 709. The Morgan fingerprint density at radius 1 is 1.17 bits per heavy atom. The van der Waals surface area contributed by atoms with Crippen LogP contribution in [0.5, 0.6) is 0 Å². The van der Waals surface area contributed by atoms with Crippen molar-refractivity contribution in [1.29, 1.82) is 0 Å². The lowest BCUT2D eigenvalue weighted by molar-refractivity contribution is -0.135. The van der Waals surface area contributed by atoms with Gasteiger partial charge in [0.15, 0.2) is 0 Å². The van der Waals surface area contributed by atoms with Gasteiger partial charge in [0.2, 0.25) is 5.91 Å². The van der Waals surface area contributed by atoms with Gasteiger partial charge in [-0.1, -0.05) is 0 Å². The van der Waals surface area contributed by atoms with Crippen molar-refractivity contribution in [2.24, 2.45) is 5.92 Å². The number of ether oxygens (including phenoxy) is 1. The molecule has 3 aliphatic rings. The molecule has 30 heavy (non-hydrogen) atoms. The SMILES string of the molecule is CC(C)(C)OC(=O)N1CCN(CCNC(=O)CN2C(=O)NC(C)(C3CC3)C2=O)CC1. The third-order valence-electron chi connectivity index (χ3n) is 5.77. The number of nitrogens with one attached hydrogen (secondary N) is 2. The van der Waals surface area contributed by atoms with Gasteiger partial charge < -0.3 is 20.3 Å². The first kappa shape index (κ1) is 22.3. The molecule has 1 unspecified atom stereocenters. The van der Waals surface area contributed by atoms with Crippen molar-refractivity contribution < 1.29 is 23.9 Å². The number of urea groups is 1. The average Bonchev–Trinajstić information content (AvgIpc) is 3.47. The molecule has 2 aliphatic heterocycles. The van der Waals surface area contributed by atoms with Gasteiger partial charge in [-0.05, 0) is 46.5 Å². The molecule has 0 bridgehead atoms. The molecular weight excluding hydrogens is 390 g/mol. The number of hydrogen-bond acceptors (Lipinski definition) is 6. The molecule has 10 nitrogen and oxygen atoms in total. The minimum Gasteiger partial charge on any atom is -0.444 e. The Morgan fingerprint density at radius 3 is 2.37 bits per heavy atom. The summed E-state index contributed by atoms with van der Waals surface area (Å²) >= 11 is 0. The molecule has 1 aliphatic carbocycles. The number of amides is 5. The maximum Gasteiger partial charge on any atom is 0.410 e. The largest absolute Gasteiger partial charge is 0.444 e. The first-order valence-corrected chi connectivity index (χ1v) is 10.6. The fourth-order valence-electron chi connectivity index (χ4n) is 3.83. The number of rotatable bonds is 6. The Hall–Kier alpha value is -2.36. The van der Waals surface area contributed by atoms with Gasteiger partial charge in [0.1, 0.15) is 17.7 Å². The summed E-state index contributed by atoms with van der Waals surface area (Å²) in [6.07, 6.45) is 1.54. The van der Waals surface area contributed by atoms with Gasteiger partial charge in [-0.15, -0.1) is 0 Å². The van der Waals surface area contributed by atoms with Gasteiger partial charge >= 0.3 is 12.1 Å². The molecule has 2 heterocycles. The smallest absolute Gasteiger partial charge is 0.410 e. The predicted molar refractivity (Wildman–Crippen MR) is 109 cm³/mol. The quantitative estimate of drug-likeness (QED) is 0.598. The zero-order chi connectivity index (χ0) is 22.1. The van der Waals surface area contributed by atoms with Crippen LogP contribution < -0.4 is 10.6 Å². The first-order valence-electron chi connectivity index (χ1n) is 10.6. The third kappa shape index (κ3) is 5.21. The lowest BCUT2D eigenvalue weighted by Crippen LogP contribution is -2.51. The van der Waals surface area contributed by atoms with Gasteiger partial charge in [0.05, 0.1) is 0 Å². The van der Waals surface area contributed by atoms with E-state index >= 15 is 0 Å². The van der Waals surface area contributed by atoms with Crippen molar-refractivity contribution in [3.8, 4) is 0 Å². The Labute approximate surface area is 177 Å². The molecule has 168 valence electrons. The minimum atomic E-state index is -0.870. The molecule has 1 atom stereocenters. The standard InChI is InChI=1S/C20H33N5O5/c1-19(2,3)30-18(29)24-11-9-23(10-12-24)8-7-21-15(26)13-25-16(27)20(4,14-5-6-14)22-17(25)28/h14H,5-13H2,1-4H3,(H,21,26)(H,22,28). The number of piperazine rings is 1. The summed E-state index contributed by atoms with van der Waals surface area (Å²) in [5, 5.41) is 5.51. The monoisotopic (exact) mass is 423 g/mol. The first-order chi connectivity index (χ1) is 14.0. The summed E-state index contributed by atoms with van der Waals surface area (Å²) < 4.78 is 5.39. The van der Waals surface area contributed by atoms with E-state index in [1.165, 1.54) is 0 Å². The molecule has 0 aromatic heterocycles. The van der Waals surface area contributed by atoms with Crippen LogP contribution in [0.1, 0.15) is 40.5 Å². The van der Waals surface area contributed by atoms with Gasteiger partial charge in [0.25, 0.3) is 5.91 Å². The van der Waals surface area contributed by atoms with E-state index in [1.54, 1.807) is 11.8 Å². The molecule has 0 spiro atoms. The lowest BCUT2D eigenvalue weighted by Gasteiger charge is -2.35. The summed E-state index contributed by atoms with van der Waals surface area (Å²) in [6, 6.07) is -0.497. The highest BCUT2D eigenvalue weighted by molar-refractivity contribution is 6.09. The Morgan fingerprint density at radius 2 is 1.80 bits per heavy atom. The maximum atomic E-state index is 12.6. The predicted octanol–water partition coefficient (Wildman–Crippen LogP) is 0.376. The van der Waals surface area contributed by atoms with Crippen LogP contribution in [-0.2, 0) is 14.3 Å².